The molecule has 26 heavy (non-hydrogen) atoms. The second-order valence-corrected chi connectivity index (χ2v) is 5.73. The van der Waals surface area contributed by atoms with Gasteiger partial charge in [-0.15, -0.1) is 0 Å². The molecule has 1 aliphatic rings. The second-order valence-electron chi connectivity index (χ2n) is 5.73. The molecule has 0 spiro atoms. The van der Waals surface area contributed by atoms with E-state index in [9.17, 15) is 10.2 Å². The fourth-order valence-electron chi connectivity index (χ4n) is 2.64. The van der Waals surface area contributed by atoms with Crippen LogP contribution < -0.4 is 14.2 Å². The highest BCUT2D eigenvalue weighted by molar-refractivity contribution is 5.58. The van der Waals surface area contributed by atoms with E-state index in [4.69, 9.17) is 18.9 Å². The lowest BCUT2D eigenvalue weighted by molar-refractivity contribution is 0.164. The number of phenols is 2. The van der Waals surface area contributed by atoms with Crippen LogP contribution in [0.2, 0.25) is 0 Å². The van der Waals surface area contributed by atoms with Crippen molar-refractivity contribution in [3.05, 3.63) is 41.5 Å². The number of ether oxygens (including phenoxy) is 4. The summed E-state index contributed by atoms with van der Waals surface area (Å²) in [4.78, 5) is 0. The highest BCUT2D eigenvalue weighted by atomic mass is 16.7. The van der Waals surface area contributed by atoms with E-state index in [0.717, 1.165) is 17.5 Å². The van der Waals surface area contributed by atoms with E-state index in [1.807, 2.05) is 6.07 Å². The van der Waals surface area contributed by atoms with Gasteiger partial charge in [0.2, 0.25) is 12.5 Å². The van der Waals surface area contributed by atoms with Gasteiger partial charge in [-0.25, -0.2) is 0 Å². The molecule has 1 aliphatic heterocycles. The van der Waals surface area contributed by atoms with Gasteiger partial charge in [-0.2, -0.15) is 0 Å². The van der Waals surface area contributed by atoms with Crippen molar-refractivity contribution in [3.8, 4) is 40.6 Å². The van der Waals surface area contributed by atoms with Crippen molar-refractivity contribution >= 4 is 0 Å². The maximum atomic E-state index is 9.44. The van der Waals surface area contributed by atoms with Crippen LogP contribution in [0.25, 0.3) is 0 Å². The lowest BCUT2D eigenvalue weighted by Gasteiger charge is -2.05. The van der Waals surface area contributed by atoms with E-state index in [0.29, 0.717) is 36.9 Å². The minimum absolute atomic E-state index is 0.0611. The Kier molecular flexibility index (Phi) is 5.72. The standard InChI is InChI=1S/C20H20O6/c1-23-18-10-15(11-19-20(18)26-13-25-19)5-3-7-24-6-2-4-14-8-16(21)12-17(22)9-14/h8-12,21-22H,2,4,6-7,13H2,1H3. The van der Waals surface area contributed by atoms with E-state index >= 15 is 0 Å². The third-order valence-corrected chi connectivity index (χ3v) is 3.78. The number of rotatable bonds is 6. The van der Waals surface area contributed by atoms with Crippen LogP contribution in [0.5, 0.6) is 28.7 Å². The quantitative estimate of drug-likeness (QED) is 0.612. The molecule has 0 saturated carbocycles. The van der Waals surface area contributed by atoms with Gasteiger partial charge in [0.05, 0.1) is 7.11 Å². The maximum absolute atomic E-state index is 9.44. The average molecular weight is 356 g/mol. The van der Waals surface area contributed by atoms with E-state index in [-0.39, 0.29) is 18.3 Å². The summed E-state index contributed by atoms with van der Waals surface area (Å²) in [5.74, 6) is 7.92. The molecular formula is C20H20O6. The third-order valence-electron chi connectivity index (χ3n) is 3.78. The Morgan fingerprint density at radius 3 is 2.65 bits per heavy atom. The molecule has 136 valence electrons. The number of hydrogen-bond donors (Lipinski definition) is 2. The van der Waals surface area contributed by atoms with E-state index in [1.54, 1.807) is 25.3 Å². The summed E-state index contributed by atoms with van der Waals surface area (Å²) >= 11 is 0. The smallest absolute Gasteiger partial charge is 0.231 e. The molecule has 0 amide bonds. The third kappa shape index (κ3) is 4.52. The predicted molar refractivity (Wildman–Crippen MR) is 94.9 cm³/mol. The van der Waals surface area contributed by atoms with Crippen LogP contribution in [0.3, 0.4) is 0 Å². The Bertz CT molecular complexity index is 814. The van der Waals surface area contributed by atoms with Crippen molar-refractivity contribution in [2.75, 3.05) is 27.1 Å². The fraction of sp³-hybridized carbons (Fsp3) is 0.300. The van der Waals surface area contributed by atoms with Gasteiger partial charge in [0.25, 0.3) is 0 Å². The number of aromatic hydroxyl groups is 2. The normalized spacial score (nSPS) is 11.7. The van der Waals surface area contributed by atoms with Crippen molar-refractivity contribution < 1.29 is 29.2 Å². The van der Waals surface area contributed by atoms with Crippen LogP contribution in [0.15, 0.2) is 30.3 Å². The summed E-state index contributed by atoms with van der Waals surface area (Å²) in [5, 5.41) is 18.9. The first kappa shape index (κ1) is 17.8. The first-order chi connectivity index (χ1) is 12.7. The summed E-state index contributed by atoms with van der Waals surface area (Å²) in [6.07, 6.45) is 1.47. The number of benzene rings is 2. The largest absolute Gasteiger partial charge is 0.508 e. The van der Waals surface area contributed by atoms with Gasteiger partial charge < -0.3 is 29.2 Å². The second kappa shape index (κ2) is 8.37. The molecule has 0 unspecified atom stereocenters. The zero-order chi connectivity index (χ0) is 18.4. The minimum atomic E-state index is 0.0611. The topological polar surface area (TPSA) is 77.4 Å². The minimum Gasteiger partial charge on any atom is -0.508 e. The lowest BCUT2D eigenvalue weighted by Crippen LogP contribution is -1.97. The van der Waals surface area contributed by atoms with Crippen molar-refractivity contribution in [1.82, 2.24) is 0 Å². The van der Waals surface area contributed by atoms with Crippen molar-refractivity contribution in [2.45, 2.75) is 12.8 Å². The zero-order valence-corrected chi connectivity index (χ0v) is 14.4. The van der Waals surface area contributed by atoms with Gasteiger partial charge in [0.1, 0.15) is 18.1 Å². The van der Waals surface area contributed by atoms with E-state index < -0.39 is 0 Å². The summed E-state index contributed by atoms with van der Waals surface area (Å²) in [6.45, 7) is 1.03. The van der Waals surface area contributed by atoms with Gasteiger partial charge in [0, 0.05) is 24.3 Å². The first-order valence-corrected chi connectivity index (χ1v) is 8.22. The molecule has 3 rings (SSSR count). The molecule has 6 heteroatoms. The number of hydrogen-bond acceptors (Lipinski definition) is 6. The molecular weight excluding hydrogens is 336 g/mol. The Morgan fingerprint density at radius 1 is 1.08 bits per heavy atom. The summed E-state index contributed by atoms with van der Waals surface area (Å²) in [5.41, 5.74) is 1.63. The highest BCUT2D eigenvalue weighted by Crippen LogP contribution is 2.41. The Balaban J connectivity index is 1.45. The molecule has 6 nitrogen and oxygen atoms in total. The number of phenolic OH excluding ortho intramolecular Hbond substituents is 2. The fourth-order valence-corrected chi connectivity index (χ4v) is 2.64. The van der Waals surface area contributed by atoms with Crippen LogP contribution >= 0.6 is 0 Å². The monoisotopic (exact) mass is 356 g/mol. The predicted octanol–water partition coefficient (Wildman–Crippen LogP) is 2.84. The molecule has 2 aromatic carbocycles. The van der Waals surface area contributed by atoms with Crippen LogP contribution in [0, 0.1) is 11.8 Å². The van der Waals surface area contributed by atoms with E-state index in [2.05, 4.69) is 11.8 Å². The number of methoxy groups -OCH3 is 1. The maximum Gasteiger partial charge on any atom is 0.231 e. The molecule has 0 atom stereocenters. The molecule has 0 aliphatic carbocycles. The molecule has 0 saturated heterocycles. The SMILES string of the molecule is COc1cc(C#CCOCCCc2cc(O)cc(O)c2)cc2c1OCO2. The summed E-state index contributed by atoms with van der Waals surface area (Å²) in [7, 11) is 1.57. The zero-order valence-electron chi connectivity index (χ0n) is 14.4. The van der Waals surface area contributed by atoms with Crippen LogP contribution in [0.4, 0.5) is 0 Å². The molecule has 2 N–H and O–H groups in total. The molecule has 0 aromatic heterocycles. The number of aryl methyl sites for hydroxylation is 1. The Hall–Kier alpha value is -3.04. The van der Waals surface area contributed by atoms with Crippen molar-refractivity contribution in [3.63, 3.8) is 0 Å². The van der Waals surface area contributed by atoms with Crippen molar-refractivity contribution in [2.24, 2.45) is 0 Å². The van der Waals surface area contributed by atoms with Gasteiger partial charge in [0.15, 0.2) is 11.5 Å². The van der Waals surface area contributed by atoms with Gasteiger partial charge in [-0.1, -0.05) is 11.8 Å². The van der Waals surface area contributed by atoms with Gasteiger partial charge in [-0.3, -0.25) is 0 Å². The van der Waals surface area contributed by atoms with Crippen LogP contribution in [-0.2, 0) is 11.2 Å². The van der Waals surface area contributed by atoms with Gasteiger partial charge >= 0.3 is 0 Å². The molecule has 0 bridgehead atoms. The first-order valence-electron chi connectivity index (χ1n) is 8.22. The Morgan fingerprint density at radius 2 is 1.88 bits per heavy atom. The number of fused-ring (bicyclic) bond motifs is 1. The molecule has 1 heterocycles. The van der Waals surface area contributed by atoms with Crippen LogP contribution in [0.1, 0.15) is 17.5 Å². The molecule has 2 aromatic rings. The van der Waals surface area contributed by atoms with Crippen molar-refractivity contribution in [1.29, 1.82) is 0 Å². The Labute approximate surface area is 151 Å². The summed E-state index contributed by atoms with van der Waals surface area (Å²) in [6, 6.07) is 8.18. The molecule has 0 fully saturated rings. The summed E-state index contributed by atoms with van der Waals surface area (Å²) < 4.78 is 21.5. The highest BCUT2D eigenvalue weighted by Gasteiger charge is 2.19. The molecule has 0 radical (unpaired) electrons. The van der Waals surface area contributed by atoms with Gasteiger partial charge in [-0.05, 0) is 36.6 Å². The van der Waals surface area contributed by atoms with Crippen LogP contribution in [-0.4, -0.2) is 37.3 Å². The van der Waals surface area contributed by atoms with E-state index in [1.165, 1.54) is 6.07 Å². The average Bonchev–Trinajstić information content (AvgIpc) is 3.08. The lowest BCUT2D eigenvalue weighted by atomic mass is 10.1.